The lowest BCUT2D eigenvalue weighted by Gasteiger charge is -2.16. The maximum absolute atomic E-state index is 12.2. The van der Waals surface area contributed by atoms with Crippen molar-refractivity contribution in [1.29, 1.82) is 0 Å². The summed E-state index contributed by atoms with van der Waals surface area (Å²) in [5, 5.41) is 0. The number of carbonyl (C=O) groups excluding carboxylic acids is 2. The minimum Gasteiger partial charge on any atom is -0.460 e. The zero-order chi connectivity index (χ0) is 17.8. The molecule has 1 aromatic carbocycles. The molecule has 0 saturated carbocycles. The van der Waals surface area contributed by atoms with Gasteiger partial charge in [0.25, 0.3) is 0 Å². The molecule has 1 aliphatic heterocycles. The number of oxazole rings is 1. The van der Waals surface area contributed by atoms with Crippen LogP contribution in [0.5, 0.6) is 0 Å². The van der Waals surface area contributed by atoms with Crippen LogP contribution in [0.4, 0.5) is 0 Å². The van der Waals surface area contributed by atoms with Crippen LogP contribution in [0.15, 0.2) is 41.1 Å². The van der Waals surface area contributed by atoms with E-state index in [0.29, 0.717) is 25.3 Å². The molecule has 1 atom stereocenters. The van der Waals surface area contributed by atoms with Crippen LogP contribution in [-0.4, -0.2) is 34.9 Å². The molecule has 6 heteroatoms. The van der Waals surface area contributed by atoms with E-state index in [4.69, 9.17) is 9.15 Å². The van der Waals surface area contributed by atoms with Crippen LogP contribution in [0, 0.1) is 5.92 Å². The highest BCUT2D eigenvalue weighted by atomic mass is 16.5. The van der Waals surface area contributed by atoms with E-state index in [1.807, 2.05) is 49.1 Å². The summed E-state index contributed by atoms with van der Waals surface area (Å²) in [6.45, 7) is 5.24. The minimum atomic E-state index is -0.494. The fourth-order valence-electron chi connectivity index (χ4n) is 3.00. The van der Waals surface area contributed by atoms with Crippen molar-refractivity contribution in [3.05, 3.63) is 53.7 Å². The van der Waals surface area contributed by atoms with Crippen molar-refractivity contribution in [1.82, 2.24) is 9.88 Å². The molecule has 0 aliphatic carbocycles. The molecule has 6 nitrogen and oxygen atoms in total. The van der Waals surface area contributed by atoms with E-state index in [1.165, 1.54) is 6.39 Å². The van der Waals surface area contributed by atoms with E-state index in [9.17, 15) is 9.59 Å². The molecule has 1 aliphatic rings. The number of aromatic nitrogens is 1. The topological polar surface area (TPSA) is 72.6 Å². The van der Waals surface area contributed by atoms with E-state index in [1.54, 1.807) is 0 Å². The molecule has 0 N–H and O–H groups in total. The summed E-state index contributed by atoms with van der Waals surface area (Å²) in [6.07, 6.45) is 1.66. The van der Waals surface area contributed by atoms with Gasteiger partial charge in [0.15, 0.2) is 12.1 Å². The number of amides is 1. The van der Waals surface area contributed by atoms with E-state index in [0.717, 1.165) is 5.56 Å². The largest absolute Gasteiger partial charge is 0.460 e. The van der Waals surface area contributed by atoms with Crippen molar-refractivity contribution in [2.24, 2.45) is 5.92 Å². The number of rotatable bonds is 6. The van der Waals surface area contributed by atoms with Crippen molar-refractivity contribution in [3.63, 3.8) is 0 Å². The Morgan fingerprint density at radius 3 is 2.84 bits per heavy atom. The van der Waals surface area contributed by atoms with Crippen LogP contribution in [-0.2, 0) is 16.1 Å². The maximum Gasteiger partial charge on any atom is 0.360 e. The van der Waals surface area contributed by atoms with Crippen LogP contribution >= 0.6 is 0 Å². The molecule has 1 aromatic heterocycles. The highest BCUT2D eigenvalue weighted by Gasteiger charge is 2.31. The molecule has 3 rings (SSSR count). The lowest BCUT2D eigenvalue weighted by molar-refractivity contribution is -0.128. The number of likely N-dealkylation sites (tertiary alicyclic amines) is 1. The van der Waals surface area contributed by atoms with Gasteiger partial charge in [-0.15, -0.1) is 0 Å². The predicted molar refractivity (Wildman–Crippen MR) is 90.8 cm³/mol. The number of esters is 1. The smallest absolute Gasteiger partial charge is 0.360 e. The third kappa shape index (κ3) is 4.07. The van der Waals surface area contributed by atoms with E-state index in [-0.39, 0.29) is 30.0 Å². The Hall–Kier alpha value is -2.63. The molecule has 0 spiro atoms. The van der Waals surface area contributed by atoms with Crippen molar-refractivity contribution < 1.29 is 18.7 Å². The first-order valence-corrected chi connectivity index (χ1v) is 8.46. The Labute approximate surface area is 146 Å². The lowest BCUT2D eigenvalue weighted by atomic mass is 10.1. The molecule has 132 valence electrons. The SMILES string of the molecule is CC(C)c1ocnc1C(=O)OCC1CC(=O)N(Cc2ccccc2)C1. The summed E-state index contributed by atoms with van der Waals surface area (Å²) in [7, 11) is 0. The van der Waals surface area contributed by atoms with Crippen LogP contribution in [0.3, 0.4) is 0 Å². The molecule has 1 fully saturated rings. The van der Waals surface area contributed by atoms with Gasteiger partial charge in [0.2, 0.25) is 5.91 Å². The monoisotopic (exact) mass is 342 g/mol. The highest BCUT2D eigenvalue weighted by Crippen LogP contribution is 2.22. The molecular formula is C19H22N2O4. The van der Waals surface area contributed by atoms with Gasteiger partial charge in [-0.25, -0.2) is 9.78 Å². The molecule has 0 bridgehead atoms. The molecule has 2 heterocycles. The second-order valence-electron chi connectivity index (χ2n) is 6.65. The van der Waals surface area contributed by atoms with Crippen molar-refractivity contribution >= 4 is 11.9 Å². The van der Waals surface area contributed by atoms with Crippen molar-refractivity contribution in [3.8, 4) is 0 Å². The quantitative estimate of drug-likeness (QED) is 0.755. The Kier molecular flexibility index (Phi) is 5.16. The molecular weight excluding hydrogens is 320 g/mol. The first kappa shape index (κ1) is 17.2. The predicted octanol–water partition coefficient (Wildman–Crippen LogP) is 3.00. The van der Waals surface area contributed by atoms with Gasteiger partial charge in [-0.05, 0) is 5.56 Å². The van der Waals surface area contributed by atoms with Crippen molar-refractivity contribution in [2.75, 3.05) is 13.2 Å². The second-order valence-corrected chi connectivity index (χ2v) is 6.65. The number of ether oxygens (including phenoxy) is 1. The van der Waals surface area contributed by atoms with Gasteiger partial charge in [0.05, 0.1) is 6.61 Å². The third-order valence-electron chi connectivity index (χ3n) is 4.27. The van der Waals surface area contributed by atoms with Gasteiger partial charge in [-0.3, -0.25) is 4.79 Å². The minimum absolute atomic E-state index is 0.00885. The third-order valence-corrected chi connectivity index (χ3v) is 4.27. The number of carbonyl (C=O) groups is 2. The summed E-state index contributed by atoms with van der Waals surface area (Å²) >= 11 is 0. The van der Waals surface area contributed by atoms with E-state index < -0.39 is 5.97 Å². The fraction of sp³-hybridized carbons (Fsp3) is 0.421. The number of benzene rings is 1. The Balaban J connectivity index is 1.53. The molecule has 0 radical (unpaired) electrons. The number of hydrogen-bond acceptors (Lipinski definition) is 5. The van der Waals surface area contributed by atoms with Gasteiger partial charge in [0, 0.05) is 31.3 Å². The molecule has 1 amide bonds. The summed E-state index contributed by atoms with van der Waals surface area (Å²) in [5.41, 5.74) is 1.32. The zero-order valence-corrected chi connectivity index (χ0v) is 14.5. The van der Waals surface area contributed by atoms with Crippen LogP contribution in [0.1, 0.15) is 48.0 Å². The van der Waals surface area contributed by atoms with E-state index in [2.05, 4.69) is 4.98 Å². The lowest BCUT2D eigenvalue weighted by Crippen LogP contribution is -2.25. The van der Waals surface area contributed by atoms with E-state index >= 15 is 0 Å². The van der Waals surface area contributed by atoms with Gasteiger partial charge < -0.3 is 14.1 Å². The molecule has 1 saturated heterocycles. The summed E-state index contributed by atoms with van der Waals surface area (Å²) in [5.74, 6) is 0.188. The van der Waals surface area contributed by atoms with Crippen LogP contribution in [0.25, 0.3) is 0 Å². The number of nitrogens with zero attached hydrogens (tertiary/aromatic N) is 2. The maximum atomic E-state index is 12.2. The standard InChI is InChI=1S/C19H22N2O4/c1-13(2)18-17(20-12-25-18)19(23)24-11-15-8-16(22)21(10-15)9-14-6-4-3-5-7-14/h3-7,12-13,15H,8-11H2,1-2H3. The number of hydrogen-bond donors (Lipinski definition) is 0. The summed E-state index contributed by atoms with van der Waals surface area (Å²) in [6, 6.07) is 9.86. The van der Waals surface area contributed by atoms with Crippen molar-refractivity contribution in [2.45, 2.75) is 32.7 Å². The molecule has 1 unspecified atom stereocenters. The summed E-state index contributed by atoms with van der Waals surface area (Å²) < 4.78 is 10.6. The first-order valence-electron chi connectivity index (χ1n) is 8.46. The van der Waals surface area contributed by atoms with Gasteiger partial charge in [-0.2, -0.15) is 0 Å². The average molecular weight is 342 g/mol. The fourth-order valence-corrected chi connectivity index (χ4v) is 3.00. The second kappa shape index (κ2) is 7.51. The Morgan fingerprint density at radius 1 is 1.36 bits per heavy atom. The van der Waals surface area contributed by atoms with Gasteiger partial charge >= 0.3 is 5.97 Å². The van der Waals surface area contributed by atoms with Gasteiger partial charge in [0.1, 0.15) is 5.76 Å². The highest BCUT2D eigenvalue weighted by molar-refractivity contribution is 5.88. The Morgan fingerprint density at radius 2 is 2.12 bits per heavy atom. The Bertz CT molecular complexity index is 739. The first-order chi connectivity index (χ1) is 12.0. The summed E-state index contributed by atoms with van der Waals surface area (Å²) in [4.78, 5) is 30.1. The normalized spacial score (nSPS) is 17.3. The van der Waals surface area contributed by atoms with Crippen LogP contribution < -0.4 is 0 Å². The molecule has 2 aromatic rings. The zero-order valence-electron chi connectivity index (χ0n) is 14.5. The van der Waals surface area contributed by atoms with Crippen LogP contribution in [0.2, 0.25) is 0 Å². The molecule has 25 heavy (non-hydrogen) atoms. The van der Waals surface area contributed by atoms with Gasteiger partial charge in [-0.1, -0.05) is 44.2 Å². The average Bonchev–Trinajstić information content (AvgIpc) is 3.21.